The number of ether oxygens (including phenoxy) is 1. The van der Waals surface area contributed by atoms with Crippen LogP contribution in [0.4, 0.5) is 0 Å². The van der Waals surface area contributed by atoms with Gasteiger partial charge in [-0.1, -0.05) is 12.1 Å². The Morgan fingerprint density at radius 2 is 2.14 bits per heavy atom. The Morgan fingerprint density at radius 3 is 2.67 bits per heavy atom. The van der Waals surface area contributed by atoms with Gasteiger partial charge < -0.3 is 15.2 Å². The van der Waals surface area contributed by atoms with Crippen LogP contribution in [0, 0.1) is 11.3 Å². The minimum absolute atomic E-state index is 0.00800. The molecule has 1 atom stereocenters. The van der Waals surface area contributed by atoms with Crippen LogP contribution in [0.15, 0.2) is 29.8 Å². The molecule has 1 amide bonds. The molecule has 0 saturated carbocycles. The van der Waals surface area contributed by atoms with E-state index in [1.54, 1.807) is 31.2 Å². The van der Waals surface area contributed by atoms with Gasteiger partial charge in [0, 0.05) is 12.6 Å². The highest BCUT2D eigenvalue weighted by Crippen LogP contribution is 2.14. The van der Waals surface area contributed by atoms with Crippen molar-refractivity contribution in [1.29, 1.82) is 5.26 Å². The molecule has 1 aromatic rings. The Bertz CT molecular complexity index is 529. The van der Waals surface area contributed by atoms with Crippen LogP contribution in [0.3, 0.4) is 0 Å². The lowest BCUT2D eigenvalue weighted by Gasteiger charge is -2.11. The number of hydrogen-bond donors (Lipinski definition) is 2. The average Bonchev–Trinajstić information content (AvgIpc) is 2.46. The van der Waals surface area contributed by atoms with Gasteiger partial charge in [0.25, 0.3) is 5.91 Å². The van der Waals surface area contributed by atoms with Crippen molar-refractivity contribution in [2.24, 2.45) is 0 Å². The standard InChI is InChI=1S/C16H20N2O3/c1-3-21-15-6-4-13(5-7-15)10-14(11-17)16(20)18-12(2)8-9-19/h4-7,10,12,19H,3,8-9H2,1-2H3,(H,18,20)/b14-10-. The Hall–Kier alpha value is -2.32. The zero-order chi connectivity index (χ0) is 15.7. The molecule has 1 rings (SSSR count). The van der Waals surface area contributed by atoms with E-state index in [0.717, 1.165) is 11.3 Å². The summed E-state index contributed by atoms with van der Waals surface area (Å²) in [7, 11) is 0. The average molecular weight is 288 g/mol. The predicted molar refractivity (Wildman–Crippen MR) is 80.5 cm³/mol. The number of hydrogen-bond acceptors (Lipinski definition) is 4. The molecule has 0 aliphatic carbocycles. The van der Waals surface area contributed by atoms with E-state index in [1.165, 1.54) is 6.08 Å². The number of aliphatic hydroxyl groups excluding tert-OH is 1. The maximum Gasteiger partial charge on any atom is 0.262 e. The topological polar surface area (TPSA) is 82.3 Å². The highest BCUT2D eigenvalue weighted by atomic mass is 16.5. The van der Waals surface area contributed by atoms with Gasteiger partial charge in [0.1, 0.15) is 17.4 Å². The predicted octanol–water partition coefficient (Wildman–Crippen LogP) is 1.88. The minimum atomic E-state index is -0.438. The van der Waals surface area contributed by atoms with Crippen LogP contribution in [0.5, 0.6) is 5.75 Å². The van der Waals surface area contributed by atoms with Gasteiger partial charge in [-0.2, -0.15) is 5.26 Å². The number of carbonyl (C=O) groups is 1. The summed E-state index contributed by atoms with van der Waals surface area (Å²) in [6.07, 6.45) is 1.98. The highest BCUT2D eigenvalue weighted by Gasteiger charge is 2.12. The maximum absolute atomic E-state index is 11.9. The fourth-order valence-electron chi connectivity index (χ4n) is 1.71. The van der Waals surface area contributed by atoms with Crippen LogP contribution in [-0.4, -0.2) is 30.3 Å². The SMILES string of the molecule is CCOc1ccc(/C=C(/C#N)C(=O)NC(C)CCO)cc1. The molecule has 0 aromatic heterocycles. The van der Waals surface area contributed by atoms with E-state index in [2.05, 4.69) is 5.32 Å². The van der Waals surface area contributed by atoms with Crippen molar-refractivity contribution in [3.8, 4) is 11.8 Å². The largest absolute Gasteiger partial charge is 0.494 e. The number of nitriles is 1. The van der Waals surface area contributed by atoms with Gasteiger partial charge in [-0.3, -0.25) is 4.79 Å². The Balaban J connectivity index is 2.79. The first-order chi connectivity index (χ1) is 10.1. The second-order valence-corrected chi connectivity index (χ2v) is 4.56. The molecule has 0 spiro atoms. The van der Waals surface area contributed by atoms with Gasteiger partial charge in [0.2, 0.25) is 0 Å². The van der Waals surface area contributed by atoms with E-state index in [4.69, 9.17) is 15.1 Å². The van der Waals surface area contributed by atoms with Crippen molar-refractivity contribution in [1.82, 2.24) is 5.32 Å². The Kier molecular flexibility index (Phi) is 6.99. The zero-order valence-electron chi connectivity index (χ0n) is 12.3. The third-order valence-corrected chi connectivity index (χ3v) is 2.81. The molecule has 0 radical (unpaired) electrons. The molecule has 5 heteroatoms. The molecule has 0 aliphatic rings. The number of nitrogens with zero attached hydrogens (tertiary/aromatic N) is 1. The molecule has 0 saturated heterocycles. The molecule has 2 N–H and O–H groups in total. The van der Waals surface area contributed by atoms with Crippen molar-refractivity contribution in [2.75, 3.05) is 13.2 Å². The molecule has 0 aliphatic heterocycles. The first kappa shape index (κ1) is 16.7. The molecule has 1 unspecified atom stereocenters. The summed E-state index contributed by atoms with van der Waals surface area (Å²) in [6.45, 7) is 4.26. The van der Waals surface area contributed by atoms with Gasteiger partial charge >= 0.3 is 0 Å². The minimum Gasteiger partial charge on any atom is -0.494 e. The van der Waals surface area contributed by atoms with E-state index in [0.29, 0.717) is 13.0 Å². The van der Waals surface area contributed by atoms with Crippen molar-refractivity contribution in [3.05, 3.63) is 35.4 Å². The fourth-order valence-corrected chi connectivity index (χ4v) is 1.71. The summed E-state index contributed by atoms with van der Waals surface area (Å²) in [6, 6.07) is 8.86. The summed E-state index contributed by atoms with van der Waals surface area (Å²) in [4.78, 5) is 11.9. The summed E-state index contributed by atoms with van der Waals surface area (Å²) in [5.41, 5.74) is 0.781. The van der Waals surface area contributed by atoms with Crippen LogP contribution in [-0.2, 0) is 4.79 Å². The lowest BCUT2D eigenvalue weighted by atomic mass is 10.1. The lowest BCUT2D eigenvalue weighted by Crippen LogP contribution is -2.33. The lowest BCUT2D eigenvalue weighted by molar-refractivity contribution is -0.117. The monoisotopic (exact) mass is 288 g/mol. The molecule has 0 fully saturated rings. The van der Waals surface area contributed by atoms with Gasteiger partial charge in [-0.25, -0.2) is 0 Å². The van der Waals surface area contributed by atoms with Gasteiger partial charge in [-0.15, -0.1) is 0 Å². The van der Waals surface area contributed by atoms with Crippen LogP contribution in [0.25, 0.3) is 6.08 Å². The van der Waals surface area contributed by atoms with Crippen LogP contribution in [0.2, 0.25) is 0 Å². The Morgan fingerprint density at radius 1 is 1.48 bits per heavy atom. The first-order valence-corrected chi connectivity index (χ1v) is 6.87. The summed E-state index contributed by atoms with van der Waals surface area (Å²) in [5.74, 6) is 0.307. The van der Waals surface area contributed by atoms with Crippen LogP contribution >= 0.6 is 0 Å². The first-order valence-electron chi connectivity index (χ1n) is 6.87. The van der Waals surface area contributed by atoms with Crippen molar-refractivity contribution < 1.29 is 14.6 Å². The van der Waals surface area contributed by atoms with Crippen LogP contribution in [0.1, 0.15) is 25.8 Å². The van der Waals surface area contributed by atoms with E-state index in [1.807, 2.05) is 13.0 Å². The molecule has 21 heavy (non-hydrogen) atoms. The van der Waals surface area contributed by atoms with Gasteiger partial charge in [-0.05, 0) is 44.0 Å². The number of carbonyl (C=O) groups excluding carboxylic acids is 1. The number of benzene rings is 1. The summed E-state index contributed by atoms with van der Waals surface area (Å²) >= 11 is 0. The number of nitrogens with one attached hydrogen (secondary N) is 1. The third-order valence-electron chi connectivity index (χ3n) is 2.81. The van der Waals surface area contributed by atoms with Gasteiger partial charge in [0.05, 0.1) is 6.61 Å². The smallest absolute Gasteiger partial charge is 0.262 e. The fraction of sp³-hybridized carbons (Fsp3) is 0.375. The molecule has 0 heterocycles. The maximum atomic E-state index is 11.9. The molecular formula is C16H20N2O3. The number of aliphatic hydroxyl groups is 1. The van der Waals surface area contributed by atoms with E-state index < -0.39 is 5.91 Å². The number of rotatable bonds is 7. The molecule has 1 aromatic carbocycles. The number of amides is 1. The summed E-state index contributed by atoms with van der Waals surface area (Å²) < 4.78 is 5.33. The van der Waals surface area contributed by atoms with E-state index in [9.17, 15) is 4.79 Å². The second kappa shape index (κ2) is 8.77. The normalized spacial score (nSPS) is 12.4. The highest BCUT2D eigenvalue weighted by molar-refractivity contribution is 6.01. The second-order valence-electron chi connectivity index (χ2n) is 4.56. The third kappa shape index (κ3) is 5.67. The molecular weight excluding hydrogens is 268 g/mol. The molecule has 112 valence electrons. The molecule has 5 nitrogen and oxygen atoms in total. The van der Waals surface area contributed by atoms with Crippen molar-refractivity contribution >= 4 is 12.0 Å². The van der Waals surface area contributed by atoms with E-state index >= 15 is 0 Å². The Labute approximate surface area is 124 Å². The van der Waals surface area contributed by atoms with Gasteiger partial charge in [0.15, 0.2) is 0 Å². The van der Waals surface area contributed by atoms with E-state index in [-0.39, 0.29) is 18.2 Å². The zero-order valence-corrected chi connectivity index (χ0v) is 12.3. The van der Waals surface area contributed by atoms with Crippen LogP contribution < -0.4 is 10.1 Å². The van der Waals surface area contributed by atoms with Crippen molar-refractivity contribution in [3.63, 3.8) is 0 Å². The summed E-state index contributed by atoms with van der Waals surface area (Å²) in [5, 5.41) is 20.6. The molecule has 0 bridgehead atoms. The quantitative estimate of drug-likeness (QED) is 0.593. The van der Waals surface area contributed by atoms with Crippen molar-refractivity contribution in [2.45, 2.75) is 26.3 Å².